The first-order chi connectivity index (χ1) is 11.3. The summed E-state index contributed by atoms with van der Waals surface area (Å²) in [4.78, 5) is 15.2. The van der Waals surface area contributed by atoms with Gasteiger partial charge >= 0.3 is 0 Å². The Hall–Kier alpha value is -2.17. The van der Waals surface area contributed by atoms with Crippen molar-refractivity contribution in [3.63, 3.8) is 0 Å². The average Bonchev–Trinajstić information content (AvgIpc) is 3.14. The second kappa shape index (κ2) is 6.14. The van der Waals surface area contributed by atoms with Crippen molar-refractivity contribution in [3.8, 4) is 0 Å². The third-order valence-electron chi connectivity index (χ3n) is 3.41. The van der Waals surface area contributed by atoms with E-state index in [1.165, 1.54) is 11.8 Å². The van der Waals surface area contributed by atoms with Crippen LogP contribution in [0.5, 0.6) is 0 Å². The third kappa shape index (κ3) is 3.00. The molecular formula is C19H12O2S2. The smallest absolute Gasteiger partial charge is 0.200 e. The summed E-state index contributed by atoms with van der Waals surface area (Å²) in [6.07, 6.45) is 1.82. The molecule has 0 amide bonds. The fraction of sp³-hybridized carbons (Fsp3) is 0. The minimum Gasteiger partial charge on any atom is -0.450 e. The number of thioether (sulfide) groups is 1. The Labute approximate surface area is 142 Å². The van der Waals surface area contributed by atoms with Gasteiger partial charge in [0.05, 0.1) is 4.91 Å². The van der Waals surface area contributed by atoms with Crippen molar-refractivity contribution in [2.45, 2.75) is 14.9 Å². The topological polar surface area (TPSA) is 30.2 Å². The van der Waals surface area contributed by atoms with Gasteiger partial charge in [0.15, 0.2) is 5.09 Å². The lowest BCUT2D eigenvalue weighted by Crippen LogP contribution is -1.93. The lowest BCUT2D eigenvalue weighted by molar-refractivity contribution is 0.104. The molecule has 2 heterocycles. The van der Waals surface area contributed by atoms with Crippen molar-refractivity contribution in [1.29, 1.82) is 0 Å². The molecule has 4 rings (SSSR count). The van der Waals surface area contributed by atoms with Gasteiger partial charge in [0, 0.05) is 15.4 Å². The van der Waals surface area contributed by atoms with Crippen LogP contribution < -0.4 is 0 Å². The van der Waals surface area contributed by atoms with Crippen LogP contribution in [-0.4, -0.2) is 5.78 Å². The minimum absolute atomic E-state index is 0.0688. The maximum absolute atomic E-state index is 12.4. The van der Waals surface area contributed by atoms with Crippen molar-refractivity contribution < 1.29 is 9.21 Å². The van der Waals surface area contributed by atoms with Gasteiger partial charge in [-0.3, -0.25) is 4.79 Å². The molecule has 0 unspecified atom stereocenters. The van der Waals surface area contributed by atoms with E-state index < -0.39 is 0 Å². The largest absolute Gasteiger partial charge is 0.450 e. The van der Waals surface area contributed by atoms with Gasteiger partial charge in [-0.25, -0.2) is 0 Å². The second-order valence-corrected chi connectivity index (χ2v) is 7.17. The fourth-order valence-electron chi connectivity index (χ4n) is 2.34. The van der Waals surface area contributed by atoms with Crippen molar-refractivity contribution in [1.82, 2.24) is 0 Å². The van der Waals surface area contributed by atoms with E-state index in [-0.39, 0.29) is 5.78 Å². The third-order valence-corrected chi connectivity index (χ3v) is 5.44. The highest BCUT2D eigenvalue weighted by Gasteiger charge is 2.25. The number of furan rings is 1. The molecule has 0 atom stereocenters. The van der Waals surface area contributed by atoms with E-state index in [4.69, 9.17) is 4.42 Å². The van der Waals surface area contributed by atoms with Crippen LogP contribution in [0.25, 0.3) is 6.08 Å². The highest BCUT2D eigenvalue weighted by atomic mass is 32.2. The number of ketones is 1. The Kier molecular flexibility index (Phi) is 3.85. The molecule has 3 aromatic rings. The molecule has 0 radical (unpaired) electrons. The number of rotatable bonds is 3. The molecule has 0 saturated carbocycles. The van der Waals surface area contributed by atoms with Gasteiger partial charge in [-0.2, -0.15) is 0 Å². The zero-order valence-corrected chi connectivity index (χ0v) is 13.7. The summed E-state index contributed by atoms with van der Waals surface area (Å²) < 4.78 is 5.82. The summed E-state index contributed by atoms with van der Waals surface area (Å²) in [5, 5.41) is 0.816. The van der Waals surface area contributed by atoms with Gasteiger partial charge < -0.3 is 4.42 Å². The Bertz CT molecular complexity index is 894. The first-order valence-electron chi connectivity index (χ1n) is 7.15. The molecule has 2 aromatic carbocycles. The molecule has 112 valence electrons. The minimum atomic E-state index is 0.0688. The van der Waals surface area contributed by atoms with Gasteiger partial charge in [-0.05, 0) is 42.5 Å². The highest BCUT2D eigenvalue weighted by molar-refractivity contribution is 8.04. The summed E-state index contributed by atoms with van der Waals surface area (Å²) in [6.45, 7) is 0. The zero-order valence-electron chi connectivity index (χ0n) is 12.1. The second-order valence-electron chi connectivity index (χ2n) is 5.01. The standard InChI is InChI=1S/C19H12O2S2/c20-19-15-8-4-5-9-16(15)23-17(19)12-13-10-11-18(21-13)22-14-6-2-1-3-7-14/h1-12H/b17-12+. The lowest BCUT2D eigenvalue weighted by Gasteiger charge is -1.96. The van der Waals surface area contributed by atoms with Crippen molar-refractivity contribution in [2.24, 2.45) is 0 Å². The molecule has 23 heavy (non-hydrogen) atoms. The van der Waals surface area contributed by atoms with Crippen LogP contribution in [0, 0.1) is 0 Å². The van der Waals surface area contributed by atoms with Gasteiger partial charge in [0.25, 0.3) is 0 Å². The Morgan fingerprint density at radius 3 is 2.52 bits per heavy atom. The zero-order chi connectivity index (χ0) is 15.6. The first-order valence-corrected chi connectivity index (χ1v) is 8.79. The fourth-order valence-corrected chi connectivity index (χ4v) is 4.17. The molecule has 0 spiro atoms. The summed E-state index contributed by atoms with van der Waals surface area (Å²) in [5.41, 5.74) is 0.772. The summed E-state index contributed by atoms with van der Waals surface area (Å²) in [7, 11) is 0. The summed E-state index contributed by atoms with van der Waals surface area (Å²) in [6, 6.07) is 21.6. The number of fused-ring (bicyclic) bond motifs is 1. The Balaban J connectivity index is 1.56. The van der Waals surface area contributed by atoms with Crippen molar-refractivity contribution >= 4 is 35.4 Å². The van der Waals surface area contributed by atoms with Crippen LogP contribution in [0.4, 0.5) is 0 Å². The van der Waals surface area contributed by atoms with Crippen LogP contribution in [0.3, 0.4) is 0 Å². The summed E-state index contributed by atoms with van der Waals surface area (Å²) in [5.74, 6) is 0.770. The molecule has 1 aromatic heterocycles. The predicted molar refractivity (Wildman–Crippen MR) is 93.9 cm³/mol. The Morgan fingerprint density at radius 2 is 1.70 bits per heavy atom. The molecule has 0 aliphatic carbocycles. The molecule has 1 aliphatic rings. The SMILES string of the molecule is O=C1/C(=C\c2ccc(Sc3ccccc3)o2)Sc2ccccc21. The van der Waals surface area contributed by atoms with E-state index in [2.05, 4.69) is 0 Å². The van der Waals surface area contributed by atoms with E-state index in [0.29, 0.717) is 10.7 Å². The molecule has 4 heteroatoms. The van der Waals surface area contributed by atoms with E-state index in [1.807, 2.05) is 72.8 Å². The maximum Gasteiger partial charge on any atom is 0.200 e. The molecule has 1 aliphatic heterocycles. The van der Waals surface area contributed by atoms with Gasteiger partial charge in [-0.15, -0.1) is 0 Å². The normalized spacial score (nSPS) is 15.1. The van der Waals surface area contributed by atoms with Crippen LogP contribution in [0.2, 0.25) is 0 Å². The highest BCUT2D eigenvalue weighted by Crippen LogP contribution is 2.41. The molecular weight excluding hydrogens is 324 g/mol. The number of hydrogen-bond acceptors (Lipinski definition) is 4. The number of carbonyl (C=O) groups is 1. The summed E-state index contributed by atoms with van der Waals surface area (Å²) >= 11 is 3.06. The lowest BCUT2D eigenvalue weighted by atomic mass is 10.1. The maximum atomic E-state index is 12.4. The predicted octanol–water partition coefficient (Wildman–Crippen LogP) is 5.76. The van der Waals surface area contributed by atoms with E-state index in [1.54, 1.807) is 11.8 Å². The van der Waals surface area contributed by atoms with Crippen LogP contribution in [0.15, 0.2) is 90.9 Å². The average molecular weight is 336 g/mol. The number of carbonyl (C=O) groups excluding carboxylic acids is 1. The molecule has 0 saturated heterocycles. The monoisotopic (exact) mass is 336 g/mol. The van der Waals surface area contributed by atoms with Gasteiger partial charge in [0.2, 0.25) is 5.78 Å². The van der Waals surface area contributed by atoms with Crippen LogP contribution >= 0.6 is 23.5 Å². The number of allylic oxidation sites excluding steroid dienone is 1. The molecule has 0 bridgehead atoms. The van der Waals surface area contributed by atoms with Crippen LogP contribution in [-0.2, 0) is 0 Å². The van der Waals surface area contributed by atoms with E-state index in [0.717, 1.165) is 20.4 Å². The number of Topliss-reactive ketones (excluding diaryl/α,β-unsaturated/α-hetero) is 1. The Morgan fingerprint density at radius 1 is 0.913 bits per heavy atom. The van der Waals surface area contributed by atoms with E-state index >= 15 is 0 Å². The van der Waals surface area contributed by atoms with Gasteiger partial charge in [-0.1, -0.05) is 53.9 Å². The van der Waals surface area contributed by atoms with Gasteiger partial charge in [0.1, 0.15) is 5.76 Å². The number of benzene rings is 2. The van der Waals surface area contributed by atoms with E-state index in [9.17, 15) is 4.79 Å². The molecule has 0 fully saturated rings. The molecule has 2 nitrogen and oxygen atoms in total. The van der Waals surface area contributed by atoms with Crippen molar-refractivity contribution in [3.05, 3.63) is 83.0 Å². The van der Waals surface area contributed by atoms with Crippen molar-refractivity contribution in [2.75, 3.05) is 0 Å². The number of hydrogen-bond donors (Lipinski definition) is 0. The quantitative estimate of drug-likeness (QED) is 0.569. The van der Waals surface area contributed by atoms with Crippen LogP contribution in [0.1, 0.15) is 16.1 Å². The first kappa shape index (κ1) is 14.4. The molecule has 0 N–H and O–H groups in total.